The lowest BCUT2D eigenvalue weighted by molar-refractivity contribution is -0.129. The minimum absolute atomic E-state index is 0.0953. The summed E-state index contributed by atoms with van der Waals surface area (Å²) in [5.41, 5.74) is 5.28. The lowest BCUT2D eigenvalue weighted by atomic mass is 10.0. The molecule has 0 unspecified atom stereocenters. The number of rotatable bonds is 2. The maximum atomic E-state index is 11.7. The van der Waals surface area contributed by atoms with E-state index in [9.17, 15) is 4.79 Å². The SMILES string of the molecule is Cc1ccc(NN2C(=O)CCC2(C)C)cc1. The molecule has 86 valence electrons. The molecular weight excluding hydrogens is 200 g/mol. The average molecular weight is 218 g/mol. The lowest BCUT2D eigenvalue weighted by Gasteiger charge is -2.32. The molecule has 1 amide bonds. The van der Waals surface area contributed by atoms with E-state index in [1.165, 1.54) is 5.56 Å². The molecule has 2 rings (SSSR count). The maximum absolute atomic E-state index is 11.7. The van der Waals surface area contributed by atoms with E-state index in [0.717, 1.165) is 12.1 Å². The van der Waals surface area contributed by atoms with E-state index < -0.39 is 0 Å². The van der Waals surface area contributed by atoms with Crippen molar-refractivity contribution in [2.24, 2.45) is 0 Å². The van der Waals surface area contributed by atoms with Crippen LogP contribution in [0.3, 0.4) is 0 Å². The van der Waals surface area contributed by atoms with Crippen molar-refractivity contribution in [2.75, 3.05) is 5.43 Å². The Bertz CT molecular complexity index is 395. The fraction of sp³-hybridized carbons (Fsp3) is 0.462. The Morgan fingerprint density at radius 2 is 1.88 bits per heavy atom. The van der Waals surface area contributed by atoms with Crippen molar-refractivity contribution in [3.63, 3.8) is 0 Å². The first-order valence-electron chi connectivity index (χ1n) is 5.65. The second-order valence-corrected chi connectivity index (χ2v) is 5.02. The quantitative estimate of drug-likeness (QED) is 0.827. The molecule has 1 fully saturated rings. The Hall–Kier alpha value is -1.51. The minimum Gasteiger partial charge on any atom is -0.296 e. The summed E-state index contributed by atoms with van der Waals surface area (Å²) in [6.45, 7) is 6.22. The summed E-state index contributed by atoms with van der Waals surface area (Å²) < 4.78 is 0. The van der Waals surface area contributed by atoms with Gasteiger partial charge in [-0.1, -0.05) is 17.7 Å². The van der Waals surface area contributed by atoms with Gasteiger partial charge in [-0.05, 0) is 39.3 Å². The number of carbonyl (C=O) groups excluding carboxylic acids is 1. The second-order valence-electron chi connectivity index (χ2n) is 5.02. The predicted octanol–water partition coefficient (Wildman–Crippen LogP) is 2.72. The van der Waals surface area contributed by atoms with Crippen LogP contribution in [0.25, 0.3) is 0 Å². The molecule has 1 aliphatic rings. The van der Waals surface area contributed by atoms with Gasteiger partial charge in [-0.2, -0.15) is 0 Å². The fourth-order valence-corrected chi connectivity index (χ4v) is 1.94. The highest BCUT2D eigenvalue weighted by Crippen LogP contribution is 2.29. The van der Waals surface area contributed by atoms with Crippen molar-refractivity contribution in [3.8, 4) is 0 Å². The number of carbonyl (C=O) groups is 1. The third-order valence-electron chi connectivity index (χ3n) is 3.10. The number of amides is 1. The number of nitrogens with one attached hydrogen (secondary N) is 1. The molecule has 0 spiro atoms. The smallest absolute Gasteiger partial charge is 0.241 e. The number of benzene rings is 1. The van der Waals surface area contributed by atoms with Crippen molar-refractivity contribution in [1.29, 1.82) is 0 Å². The van der Waals surface area contributed by atoms with Crippen LogP contribution in [0, 0.1) is 6.92 Å². The Morgan fingerprint density at radius 3 is 2.38 bits per heavy atom. The van der Waals surface area contributed by atoms with Gasteiger partial charge in [0.1, 0.15) is 0 Å². The van der Waals surface area contributed by atoms with Gasteiger partial charge in [-0.25, -0.2) is 0 Å². The third-order valence-corrected chi connectivity index (χ3v) is 3.10. The number of hydrogen-bond donors (Lipinski definition) is 1. The molecule has 0 aliphatic carbocycles. The Balaban J connectivity index is 2.15. The van der Waals surface area contributed by atoms with E-state index >= 15 is 0 Å². The molecule has 1 aromatic carbocycles. The minimum atomic E-state index is -0.0953. The number of aryl methyl sites for hydroxylation is 1. The number of anilines is 1. The lowest BCUT2D eigenvalue weighted by Crippen LogP contribution is -2.44. The normalized spacial score (nSPS) is 18.9. The molecule has 1 heterocycles. The zero-order chi connectivity index (χ0) is 11.8. The van der Waals surface area contributed by atoms with Crippen molar-refractivity contribution in [3.05, 3.63) is 29.8 Å². The van der Waals surface area contributed by atoms with Gasteiger partial charge in [0.25, 0.3) is 0 Å². The third kappa shape index (κ3) is 2.03. The molecule has 1 aliphatic heterocycles. The van der Waals surface area contributed by atoms with Gasteiger partial charge >= 0.3 is 0 Å². The van der Waals surface area contributed by atoms with Crippen LogP contribution in [-0.4, -0.2) is 16.5 Å². The van der Waals surface area contributed by atoms with Gasteiger partial charge in [0.2, 0.25) is 5.91 Å². The van der Waals surface area contributed by atoms with E-state index in [2.05, 4.69) is 26.2 Å². The molecule has 1 aromatic rings. The summed E-state index contributed by atoms with van der Waals surface area (Å²) in [6, 6.07) is 8.07. The largest absolute Gasteiger partial charge is 0.296 e. The van der Waals surface area contributed by atoms with Gasteiger partial charge in [0, 0.05) is 6.42 Å². The van der Waals surface area contributed by atoms with E-state index in [-0.39, 0.29) is 11.4 Å². The van der Waals surface area contributed by atoms with Crippen LogP contribution in [-0.2, 0) is 4.79 Å². The maximum Gasteiger partial charge on any atom is 0.241 e. The van der Waals surface area contributed by atoms with Crippen LogP contribution in [0.2, 0.25) is 0 Å². The van der Waals surface area contributed by atoms with E-state index in [0.29, 0.717) is 6.42 Å². The van der Waals surface area contributed by atoms with Crippen LogP contribution in [0.15, 0.2) is 24.3 Å². The molecule has 0 atom stereocenters. The zero-order valence-corrected chi connectivity index (χ0v) is 10.1. The average Bonchev–Trinajstić information content (AvgIpc) is 2.48. The number of nitrogens with zero attached hydrogens (tertiary/aromatic N) is 1. The van der Waals surface area contributed by atoms with Crippen LogP contribution in [0.5, 0.6) is 0 Å². The van der Waals surface area contributed by atoms with Crippen LogP contribution >= 0.6 is 0 Å². The second kappa shape index (κ2) is 3.81. The molecule has 0 saturated carbocycles. The topological polar surface area (TPSA) is 32.3 Å². The highest BCUT2D eigenvalue weighted by molar-refractivity contribution is 5.81. The van der Waals surface area contributed by atoms with Gasteiger partial charge in [0.15, 0.2) is 0 Å². The summed E-state index contributed by atoms with van der Waals surface area (Å²) in [5.74, 6) is 0.172. The number of hydrazine groups is 1. The molecule has 16 heavy (non-hydrogen) atoms. The first kappa shape index (κ1) is 11.0. The first-order valence-corrected chi connectivity index (χ1v) is 5.65. The van der Waals surface area contributed by atoms with Gasteiger partial charge < -0.3 is 0 Å². The molecule has 0 aromatic heterocycles. The Kier molecular flexibility index (Phi) is 2.62. The van der Waals surface area contributed by atoms with E-state index in [1.54, 1.807) is 5.01 Å². The summed E-state index contributed by atoms with van der Waals surface area (Å²) in [5, 5.41) is 1.75. The van der Waals surface area contributed by atoms with Crippen LogP contribution in [0.1, 0.15) is 32.3 Å². The first-order chi connectivity index (χ1) is 7.49. The summed E-state index contributed by atoms with van der Waals surface area (Å²) in [6.07, 6.45) is 1.54. The van der Waals surface area contributed by atoms with E-state index in [1.807, 2.05) is 24.3 Å². The Morgan fingerprint density at radius 1 is 1.25 bits per heavy atom. The van der Waals surface area contributed by atoms with Gasteiger partial charge in [-0.15, -0.1) is 0 Å². The summed E-state index contributed by atoms with van der Waals surface area (Å²) >= 11 is 0. The van der Waals surface area contributed by atoms with Crippen molar-refractivity contribution < 1.29 is 4.79 Å². The number of hydrogen-bond acceptors (Lipinski definition) is 2. The molecule has 0 bridgehead atoms. The van der Waals surface area contributed by atoms with Gasteiger partial charge in [0.05, 0.1) is 11.2 Å². The zero-order valence-electron chi connectivity index (χ0n) is 10.1. The highest BCUT2D eigenvalue weighted by Gasteiger charge is 2.37. The standard InChI is InChI=1S/C13H18N2O/c1-10-4-6-11(7-5-10)14-15-12(16)8-9-13(15,2)3/h4-7,14H,8-9H2,1-3H3. The monoisotopic (exact) mass is 218 g/mol. The Labute approximate surface area is 96.4 Å². The molecular formula is C13H18N2O. The summed E-state index contributed by atoms with van der Waals surface area (Å²) in [4.78, 5) is 11.7. The molecule has 3 heteroatoms. The van der Waals surface area contributed by atoms with Crippen LogP contribution < -0.4 is 5.43 Å². The molecule has 0 radical (unpaired) electrons. The van der Waals surface area contributed by atoms with Crippen LogP contribution in [0.4, 0.5) is 5.69 Å². The fourth-order valence-electron chi connectivity index (χ4n) is 1.94. The molecule has 1 saturated heterocycles. The van der Waals surface area contributed by atoms with Crippen molar-refractivity contribution in [1.82, 2.24) is 5.01 Å². The van der Waals surface area contributed by atoms with Crippen molar-refractivity contribution in [2.45, 2.75) is 39.2 Å². The van der Waals surface area contributed by atoms with Gasteiger partial charge in [-0.3, -0.25) is 15.2 Å². The highest BCUT2D eigenvalue weighted by atomic mass is 16.2. The van der Waals surface area contributed by atoms with E-state index in [4.69, 9.17) is 0 Å². The molecule has 3 nitrogen and oxygen atoms in total. The van der Waals surface area contributed by atoms with Crippen molar-refractivity contribution >= 4 is 11.6 Å². The predicted molar refractivity (Wildman–Crippen MR) is 65.0 cm³/mol. The molecule has 1 N–H and O–H groups in total. The summed E-state index contributed by atoms with van der Waals surface area (Å²) in [7, 11) is 0.